The summed E-state index contributed by atoms with van der Waals surface area (Å²) < 4.78 is 0. The first-order valence-corrected chi connectivity index (χ1v) is 4.66. The summed E-state index contributed by atoms with van der Waals surface area (Å²) in [7, 11) is 0. The van der Waals surface area contributed by atoms with E-state index in [0.717, 1.165) is 11.3 Å². The molecule has 1 aromatic heterocycles. The van der Waals surface area contributed by atoms with Crippen molar-refractivity contribution in [1.29, 1.82) is 0 Å². The van der Waals surface area contributed by atoms with Crippen molar-refractivity contribution in [2.24, 2.45) is 15.4 Å². The molecule has 1 aliphatic heterocycles. The Morgan fingerprint density at radius 2 is 2.14 bits per heavy atom. The number of aromatic nitrogens is 1. The van der Waals surface area contributed by atoms with Gasteiger partial charge in [0, 0.05) is 18.0 Å². The van der Waals surface area contributed by atoms with Crippen LogP contribution in [0.4, 0.5) is 0 Å². The van der Waals surface area contributed by atoms with Gasteiger partial charge in [-0.3, -0.25) is 4.98 Å². The van der Waals surface area contributed by atoms with Crippen molar-refractivity contribution >= 4 is 5.71 Å². The first-order chi connectivity index (χ1) is 6.77. The number of pyridine rings is 1. The summed E-state index contributed by atoms with van der Waals surface area (Å²) in [5.74, 6) is 0.485. The predicted molar refractivity (Wildman–Crippen MR) is 54.6 cm³/mol. The SMILES string of the molecule is CC(C)c1cncc(C2=NN=NC2)c1. The highest BCUT2D eigenvalue weighted by atomic mass is 15.4. The number of rotatable bonds is 2. The Morgan fingerprint density at radius 1 is 1.29 bits per heavy atom. The summed E-state index contributed by atoms with van der Waals surface area (Å²) in [6.45, 7) is 4.86. The molecule has 1 aromatic rings. The Morgan fingerprint density at radius 3 is 2.79 bits per heavy atom. The van der Waals surface area contributed by atoms with E-state index in [1.54, 1.807) is 6.20 Å². The molecule has 0 bridgehead atoms. The normalized spacial score (nSPS) is 14.9. The van der Waals surface area contributed by atoms with Crippen molar-refractivity contribution in [3.05, 3.63) is 29.6 Å². The zero-order valence-electron chi connectivity index (χ0n) is 8.31. The van der Waals surface area contributed by atoms with Gasteiger partial charge in [0.25, 0.3) is 0 Å². The average Bonchev–Trinajstić information content (AvgIpc) is 2.71. The molecule has 4 heteroatoms. The summed E-state index contributed by atoms with van der Waals surface area (Å²) >= 11 is 0. The lowest BCUT2D eigenvalue weighted by Gasteiger charge is -2.05. The van der Waals surface area contributed by atoms with Crippen LogP contribution in [-0.2, 0) is 0 Å². The Labute approximate surface area is 82.8 Å². The molecule has 14 heavy (non-hydrogen) atoms. The van der Waals surface area contributed by atoms with E-state index in [1.165, 1.54) is 5.56 Å². The lowest BCUT2D eigenvalue weighted by atomic mass is 10.0. The quantitative estimate of drug-likeness (QED) is 0.702. The molecule has 1 aliphatic rings. The van der Waals surface area contributed by atoms with Crippen molar-refractivity contribution < 1.29 is 0 Å². The van der Waals surface area contributed by atoms with Gasteiger partial charge in [-0.1, -0.05) is 13.8 Å². The van der Waals surface area contributed by atoms with Crippen LogP contribution in [-0.4, -0.2) is 17.2 Å². The van der Waals surface area contributed by atoms with Crippen LogP contribution < -0.4 is 0 Å². The lowest BCUT2D eigenvalue weighted by molar-refractivity contribution is 0.857. The topological polar surface area (TPSA) is 50.0 Å². The van der Waals surface area contributed by atoms with Crippen LogP contribution in [0.25, 0.3) is 0 Å². The number of nitrogens with zero attached hydrogens (tertiary/aromatic N) is 4. The van der Waals surface area contributed by atoms with Gasteiger partial charge in [-0.2, -0.15) is 5.11 Å². The van der Waals surface area contributed by atoms with Gasteiger partial charge < -0.3 is 0 Å². The van der Waals surface area contributed by atoms with Gasteiger partial charge in [0.05, 0.1) is 5.71 Å². The number of hydrogen-bond acceptors (Lipinski definition) is 4. The summed E-state index contributed by atoms with van der Waals surface area (Å²) in [6.07, 6.45) is 3.69. The summed E-state index contributed by atoms with van der Waals surface area (Å²) in [5.41, 5.74) is 3.15. The zero-order chi connectivity index (χ0) is 9.97. The van der Waals surface area contributed by atoms with Crippen LogP contribution in [0.3, 0.4) is 0 Å². The molecule has 72 valence electrons. The molecule has 0 aliphatic carbocycles. The van der Waals surface area contributed by atoms with Crippen LogP contribution in [0.2, 0.25) is 0 Å². The molecule has 0 unspecified atom stereocenters. The molecule has 0 spiro atoms. The van der Waals surface area contributed by atoms with Crippen LogP contribution in [0.5, 0.6) is 0 Å². The van der Waals surface area contributed by atoms with E-state index in [9.17, 15) is 0 Å². The van der Waals surface area contributed by atoms with E-state index in [0.29, 0.717) is 12.5 Å². The van der Waals surface area contributed by atoms with Crippen LogP contribution in [0, 0.1) is 0 Å². The van der Waals surface area contributed by atoms with Crippen molar-refractivity contribution in [2.45, 2.75) is 19.8 Å². The maximum Gasteiger partial charge on any atom is 0.107 e. The largest absolute Gasteiger partial charge is 0.264 e. The summed E-state index contributed by atoms with van der Waals surface area (Å²) in [6, 6.07) is 2.10. The molecular weight excluding hydrogens is 176 g/mol. The van der Waals surface area contributed by atoms with Crippen molar-refractivity contribution in [3.63, 3.8) is 0 Å². The van der Waals surface area contributed by atoms with Gasteiger partial charge in [0.2, 0.25) is 0 Å². The molecule has 0 fully saturated rings. The molecule has 0 saturated carbocycles. The molecule has 2 rings (SSSR count). The van der Waals surface area contributed by atoms with Crippen LogP contribution in [0.1, 0.15) is 30.9 Å². The van der Waals surface area contributed by atoms with Crippen molar-refractivity contribution in [3.8, 4) is 0 Å². The second-order valence-electron chi connectivity index (χ2n) is 3.60. The average molecular weight is 188 g/mol. The molecule has 0 saturated heterocycles. The molecule has 0 aromatic carbocycles. The number of hydrogen-bond donors (Lipinski definition) is 0. The minimum Gasteiger partial charge on any atom is -0.264 e. The maximum atomic E-state index is 4.19. The van der Waals surface area contributed by atoms with Crippen molar-refractivity contribution in [1.82, 2.24) is 4.98 Å². The first-order valence-electron chi connectivity index (χ1n) is 4.66. The fourth-order valence-electron chi connectivity index (χ4n) is 1.30. The Bertz CT molecular complexity index is 393. The third-order valence-corrected chi connectivity index (χ3v) is 2.21. The highest BCUT2D eigenvalue weighted by molar-refractivity contribution is 6.02. The Balaban J connectivity index is 2.31. The Kier molecular flexibility index (Phi) is 2.35. The van der Waals surface area contributed by atoms with E-state index < -0.39 is 0 Å². The maximum absolute atomic E-state index is 4.19. The smallest absolute Gasteiger partial charge is 0.107 e. The molecule has 0 atom stereocenters. The third-order valence-electron chi connectivity index (χ3n) is 2.21. The van der Waals surface area contributed by atoms with Gasteiger partial charge in [0.15, 0.2) is 0 Å². The van der Waals surface area contributed by atoms with Crippen LogP contribution in [0.15, 0.2) is 33.9 Å². The van der Waals surface area contributed by atoms with Gasteiger partial charge in [-0.25, -0.2) is 0 Å². The molecular formula is C10H12N4. The minimum atomic E-state index is 0.485. The van der Waals surface area contributed by atoms with E-state index >= 15 is 0 Å². The summed E-state index contributed by atoms with van der Waals surface area (Å²) in [4.78, 5) is 4.19. The Hall–Kier alpha value is -1.58. The van der Waals surface area contributed by atoms with E-state index in [1.807, 2.05) is 6.20 Å². The lowest BCUT2D eigenvalue weighted by Crippen LogP contribution is -2.03. The molecule has 2 heterocycles. The van der Waals surface area contributed by atoms with E-state index in [-0.39, 0.29) is 0 Å². The molecule has 4 nitrogen and oxygen atoms in total. The van der Waals surface area contributed by atoms with Crippen LogP contribution >= 0.6 is 0 Å². The molecule has 0 amide bonds. The fraction of sp³-hybridized carbons (Fsp3) is 0.400. The van der Waals surface area contributed by atoms with E-state index in [2.05, 4.69) is 40.3 Å². The van der Waals surface area contributed by atoms with Gasteiger partial charge in [-0.05, 0) is 22.8 Å². The van der Waals surface area contributed by atoms with Gasteiger partial charge >= 0.3 is 0 Å². The van der Waals surface area contributed by atoms with E-state index in [4.69, 9.17) is 0 Å². The molecule has 0 N–H and O–H groups in total. The predicted octanol–water partition coefficient (Wildman–Crippen LogP) is 2.37. The fourth-order valence-corrected chi connectivity index (χ4v) is 1.30. The van der Waals surface area contributed by atoms with Crippen molar-refractivity contribution in [2.75, 3.05) is 6.54 Å². The standard InChI is InChI=1S/C10H12N4/c1-7(2)8-3-9(5-11-4-8)10-6-12-14-13-10/h3-5,7H,6H2,1-2H3. The second kappa shape index (κ2) is 3.65. The van der Waals surface area contributed by atoms with Gasteiger partial charge in [-0.15, -0.1) is 5.10 Å². The highest BCUT2D eigenvalue weighted by Gasteiger charge is 2.09. The summed E-state index contributed by atoms with van der Waals surface area (Å²) in [5, 5.41) is 11.4. The highest BCUT2D eigenvalue weighted by Crippen LogP contribution is 2.15. The monoisotopic (exact) mass is 188 g/mol. The molecule has 0 radical (unpaired) electrons. The zero-order valence-corrected chi connectivity index (χ0v) is 8.31. The third kappa shape index (κ3) is 1.69. The first kappa shape index (κ1) is 8.99. The second-order valence-corrected chi connectivity index (χ2v) is 3.60. The van der Waals surface area contributed by atoms with Gasteiger partial charge in [0.1, 0.15) is 6.54 Å². The minimum absolute atomic E-state index is 0.485.